The van der Waals surface area contributed by atoms with Crippen molar-refractivity contribution in [2.45, 2.75) is 18.0 Å². The van der Waals surface area contributed by atoms with Crippen molar-refractivity contribution in [2.75, 3.05) is 35.8 Å². The minimum absolute atomic E-state index is 0.0755. The van der Waals surface area contributed by atoms with Gasteiger partial charge in [0.05, 0.1) is 10.5 Å². The monoisotopic (exact) mass is 510 g/mol. The first-order valence-electron chi connectivity index (χ1n) is 10.3. The zero-order chi connectivity index (χ0) is 24.5. The van der Waals surface area contributed by atoms with Gasteiger partial charge in [0.1, 0.15) is 5.69 Å². The number of halogens is 3. The number of nitrogens with one attached hydrogen (secondary N) is 1. The van der Waals surface area contributed by atoms with Gasteiger partial charge in [0.15, 0.2) is 5.13 Å². The summed E-state index contributed by atoms with van der Waals surface area (Å²) in [7, 11) is -3.83. The fraction of sp³-hybridized carbons (Fsp3) is 0.273. The van der Waals surface area contributed by atoms with Crippen LogP contribution in [-0.4, -0.2) is 50.4 Å². The molecule has 1 N–H and O–H groups in total. The van der Waals surface area contributed by atoms with E-state index in [1.165, 1.54) is 23.6 Å². The number of aromatic nitrogens is 1. The molecule has 2 aromatic carbocycles. The Morgan fingerprint density at radius 3 is 2.38 bits per heavy atom. The maximum atomic E-state index is 13.0. The van der Waals surface area contributed by atoms with Gasteiger partial charge in [-0.3, -0.25) is 9.52 Å². The van der Waals surface area contributed by atoms with Crippen molar-refractivity contribution in [1.82, 2.24) is 9.88 Å². The summed E-state index contributed by atoms with van der Waals surface area (Å²) < 4.78 is 66.4. The number of nitrogens with zero attached hydrogens (tertiary/aromatic N) is 3. The molecule has 0 radical (unpaired) electrons. The highest BCUT2D eigenvalue weighted by molar-refractivity contribution is 7.93. The Morgan fingerprint density at radius 2 is 1.74 bits per heavy atom. The van der Waals surface area contributed by atoms with Gasteiger partial charge in [-0.2, -0.15) is 13.2 Å². The first-order valence-corrected chi connectivity index (χ1v) is 12.7. The van der Waals surface area contributed by atoms with Crippen LogP contribution in [0.1, 0.15) is 21.6 Å². The summed E-state index contributed by atoms with van der Waals surface area (Å²) >= 11 is 1.00. The summed E-state index contributed by atoms with van der Waals surface area (Å²) in [5.74, 6) is -0.360. The van der Waals surface area contributed by atoms with E-state index in [-0.39, 0.29) is 21.6 Å². The van der Waals surface area contributed by atoms with Gasteiger partial charge in [-0.25, -0.2) is 13.4 Å². The molecular weight excluding hydrogens is 489 g/mol. The average Bonchev–Trinajstić information content (AvgIpc) is 3.26. The maximum Gasteiger partial charge on any atom is 0.416 e. The van der Waals surface area contributed by atoms with Gasteiger partial charge < -0.3 is 9.80 Å². The molecule has 1 aromatic heterocycles. The number of alkyl halides is 3. The summed E-state index contributed by atoms with van der Waals surface area (Å²) in [4.78, 5) is 20.4. The van der Waals surface area contributed by atoms with Crippen molar-refractivity contribution in [3.05, 3.63) is 70.7 Å². The van der Waals surface area contributed by atoms with Crippen molar-refractivity contribution in [3.63, 3.8) is 0 Å². The molecule has 180 valence electrons. The Labute approximate surface area is 198 Å². The van der Waals surface area contributed by atoms with Crippen LogP contribution in [0.4, 0.5) is 24.0 Å². The number of anilines is 2. The topological polar surface area (TPSA) is 82.6 Å². The maximum absolute atomic E-state index is 13.0. The SMILES string of the molecule is Cc1ccc(S(=O)(=O)Nc2nc(C(=O)N3CCN(c4cccc(C(F)(F)F)c4)CC3)cs2)cc1. The molecule has 1 aliphatic rings. The molecule has 1 aliphatic heterocycles. The smallest absolute Gasteiger partial charge is 0.368 e. The number of carbonyl (C=O) groups excluding carboxylic acids is 1. The van der Waals surface area contributed by atoms with Crippen LogP contribution >= 0.6 is 11.3 Å². The molecule has 4 rings (SSSR count). The first-order chi connectivity index (χ1) is 16.0. The third kappa shape index (κ3) is 5.33. The lowest BCUT2D eigenvalue weighted by Gasteiger charge is -2.36. The number of hydrogen-bond acceptors (Lipinski definition) is 6. The Bertz CT molecular complexity index is 1280. The Morgan fingerprint density at radius 1 is 1.06 bits per heavy atom. The van der Waals surface area contributed by atoms with Crippen LogP contribution < -0.4 is 9.62 Å². The second-order valence-corrected chi connectivity index (χ2v) is 10.3. The van der Waals surface area contributed by atoms with E-state index in [4.69, 9.17) is 0 Å². The molecule has 1 amide bonds. The molecule has 0 spiro atoms. The van der Waals surface area contributed by atoms with E-state index in [9.17, 15) is 26.4 Å². The van der Waals surface area contributed by atoms with Gasteiger partial charge in [0.25, 0.3) is 15.9 Å². The van der Waals surface area contributed by atoms with E-state index in [0.717, 1.165) is 29.0 Å². The Balaban J connectivity index is 1.38. The first kappa shape index (κ1) is 24.0. The molecule has 0 aliphatic carbocycles. The lowest BCUT2D eigenvalue weighted by atomic mass is 10.1. The third-order valence-electron chi connectivity index (χ3n) is 5.38. The number of carbonyl (C=O) groups is 1. The average molecular weight is 511 g/mol. The van der Waals surface area contributed by atoms with Crippen LogP contribution in [0.5, 0.6) is 0 Å². The zero-order valence-electron chi connectivity index (χ0n) is 18.0. The van der Waals surface area contributed by atoms with Crippen LogP contribution in [0, 0.1) is 6.92 Å². The number of thiazole rings is 1. The molecule has 3 aromatic rings. The summed E-state index contributed by atoms with van der Waals surface area (Å²) in [6.45, 7) is 3.18. The quantitative estimate of drug-likeness (QED) is 0.556. The van der Waals surface area contributed by atoms with Gasteiger partial charge in [-0.05, 0) is 37.3 Å². The molecule has 2 heterocycles. The van der Waals surface area contributed by atoms with E-state index < -0.39 is 21.8 Å². The number of piperazine rings is 1. The fourth-order valence-corrected chi connectivity index (χ4v) is 5.46. The molecule has 0 atom stereocenters. The van der Waals surface area contributed by atoms with Crippen molar-refractivity contribution in [1.29, 1.82) is 0 Å². The highest BCUT2D eigenvalue weighted by Gasteiger charge is 2.31. The summed E-state index contributed by atoms with van der Waals surface area (Å²) in [5, 5.41) is 1.56. The van der Waals surface area contributed by atoms with E-state index in [2.05, 4.69) is 9.71 Å². The highest BCUT2D eigenvalue weighted by atomic mass is 32.2. The number of sulfonamides is 1. The van der Waals surface area contributed by atoms with Crippen LogP contribution in [0.15, 0.2) is 58.8 Å². The van der Waals surface area contributed by atoms with E-state index >= 15 is 0 Å². The molecule has 1 saturated heterocycles. The number of benzene rings is 2. The van der Waals surface area contributed by atoms with Gasteiger partial charge in [-0.15, -0.1) is 11.3 Å². The molecule has 0 saturated carbocycles. The Kier molecular flexibility index (Phi) is 6.54. The van der Waals surface area contributed by atoms with Gasteiger partial charge in [-0.1, -0.05) is 23.8 Å². The predicted molar refractivity (Wildman–Crippen MR) is 124 cm³/mol. The third-order valence-corrected chi connectivity index (χ3v) is 7.62. The van der Waals surface area contributed by atoms with E-state index in [1.807, 2.05) is 6.92 Å². The lowest BCUT2D eigenvalue weighted by Crippen LogP contribution is -2.48. The minimum atomic E-state index is -4.42. The Hall–Kier alpha value is -3.12. The van der Waals surface area contributed by atoms with Crippen molar-refractivity contribution < 1.29 is 26.4 Å². The minimum Gasteiger partial charge on any atom is -0.368 e. The number of aryl methyl sites for hydroxylation is 1. The molecule has 1 fully saturated rings. The fourth-order valence-electron chi connectivity index (χ4n) is 3.52. The van der Waals surface area contributed by atoms with Crippen molar-refractivity contribution in [3.8, 4) is 0 Å². The predicted octanol–water partition coefficient (Wildman–Crippen LogP) is 4.23. The second-order valence-electron chi connectivity index (χ2n) is 7.78. The molecule has 12 heteroatoms. The highest BCUT2D eigenvalue weighted by Crippen LogP contribution is 2.32. The van der Waals surface area contributed by atoms with E-state index in [0.29, 0.717) is 31.9 Å². The van der Waals surface area contributed by atoms with Crippen LogP contribution in [0.3, 0.4) is 0 Å². The van der Waals surface area contributed by atoms with E-state index in [1.54, 1.807) is 28.0 Å². The molecule has 0 unspecified atom stereocenters. The summed E-state index contributed by atoms with van der Waals surface area (Å²) in [6, 6.07) is 11.4. The lowest BCUT2D eigenvalue weighted by molar-refractivity contribution is -0.137. The standard InChI is InChI=1S/C22H21F3N4O3S2/c1-15-5-7-18(8-6-15)34(31,32)27-21-26-19(14-33-21)20(30)29-11-9-28(10-12-29)17-4-2-3-16(13-17)22(23,24)25/h2-8,13-14H,9-12H2,1H3,(H,26,27). The van der Waals surface area contributed by atoms with Crippen LogP contribution in [0.25, 0.3) is 0 Å². The molecule has 34 heavy (non-hydrogen) atoms. The zero-order valence-corrected chi connectivity index (χ0v) is 19.7. The van der Waals surface area contributed by atoms with Gasteiger partial charge in [0.2, 0.25) is 0 Å². The van der Waals surface area contributed by atoms with Gasteiger partial charge >= 0.3 is 6.18 Å². The number of amides is 1. The number of rotatable bonds is 5. The van der Waals surface area contributed by atoms with Crippen LogP contribution in [0.2, 0.25) is 0 Å². The summed E-state index contributed by atoms with van der Waals surface area (Å²) in [5.41, 5.74) is 0.767. The van der Waals surface area contributed by atoms with Gasteiger partial charge in [0, 0.05) is 37.2 Å². The largest absolute Gasteiger partial charge is 0.416 e. The van der Waals surface area contributed by atoms with Crippen LogP contribution in [-0.2, 0) is 16.2 Å². The molecule has 0 bridgehead atoms. The second kappa shape index (κ2) is 9.26. The van der Waals surface area contributed by atoms with Crippen molar-refractivity contribution >= 4 is 38.1 Å². The number of hydrogen-bond donors (Lipinski definition) is 1. The molecular formula is C22H21F3N4O3S2. The summed E-state index contributed by atoms with van der Waals surface area (Å²) in [6.07, 6.45) is -4.42. The van der Waals surface area contributed by atoms with Crippen molar-refractivity contribution in [2.24, 2.45) is 0 Å². The normalized spacial score (nSPS) is 14.8. The molecule has 7 nitrogen and oxygen atoms in total.